The van der Waals surface area contributed by atoms with Gasteiger partial charge >= 0.3 is 9.28 Å². The Morgan fingerprint density at radius 3 is 2.09 bits per heavy atom. The molecule has 0 heterocycles. The summed E-state index contributed by atoms with van der Waals surface area (Å²) in [6, 6.07) is 1.10. The van der Waals surface area contributed by atoms with Crippen molar-refractivity contribution in [3.63, 3.8) is 0 Å². The molecule has 0 saturated heterocycles. The summed E-state index contributed by atoms with van der Waals surface area (Å²) in [7, 11) is 0.410. The van der Waals surface area contributed by atoms with Gasteiger partial charge in [-0.2, -0.15) is 0 Å². The van der Waals surface area contributed by atoms with Crippen LogP contribution in [0.15, 0.2) is 0 Å². The van der Waals surface area contributed by atoms with Gasteiger partial charge in [-0.25, -0.2) is 0 Å². The van der Waals surface area contributed by atoms with Crippen LogP contribution >= 0.6 is 0 Å². The first-order chi connectivity index (χ1) is 4.99. The Kier molecular flexibility index (Phi) is 4.96. The van der Waals surface area contributed by atoms with E-state index in [1.807, 2.05) is 0 Å². The van der Waals surface area contributed by atoms with Gasteiger partial charge in [0, 0.05) is 12.7 Å². The minimum Gasteiger partial charge on any atom is -0.400 e. The summed E-state index contributed by atoms with van der Waals surface area (Å²) < 4.78 is 11.0. The van der Waals surface area contributed by atoms with Gasteiger partial charge in [-0.15, -0.1) is 0 Å². The summed E-state index contributed by atoms with van der Waals surface area (Å²) in [5.41, 5.74) is -0.0396. The van der Waals surface area contributed by atoms with Crippen LogP contribution in [0.1, 0.15) is 34.1 Å². The lowest BCUT2D eigenvalue weighted by molar-refractivity contribution is 0.0914. The van der Waals surface area contributed by atoms with E-state index < -0.39 is 9.28 Å². The zero-order valence-electron chi connectivity index (χ0n) is 8.31. The molecule has 0 aliphatic rings. The van der Waals surface area contributed by atoms with Crippen LogP contribution in [-0.4, -0.2) is 22.0 Å². The summed E-state index contributed by atoms with van der Waals surface area (Å²) >= 11 is 0. The first kappa shape index (κ1) is 11.1. The molecule has 0 aliphatic carbocycles. The molecule has 2 nitrogen and oxygen atoms in total. The fourth-order valence-electron chi connectivity index (χ4n) is 0.855. The summed E-state index contributed by atoms with van der Waals surface area (Å²) in [5, 5.41) is 0. The summed E-state index contributed by atoms with van der Waals surface area (Å²) in [5.74, 6) is 0. The Balaban J connectivity index is 3.68. The van der Waals surface area contributed by atoms with E-state index in [0.717, 1.165) is 12.5 Å². The van der Waals surface area contributed by atoms with Crippen molar-refractivity contribution in [3.8, 4) is 0 Å². The third-order valence-electron chi connectivity index (χ3n) is 1.27. The molecular weight excluding hydrogens is 156 g/mol. The highest BCUT2D eigenvalue weighted by Crippen LogP contribution is 2.12. The van der Waals surface area contributed by atoms with E-state index in [9.17, 15) is 0 Å². The van der Waals surface area contributed by atoms with Gasteiger partial charge in [0.05, 0.1) is 0 Å². The maximum absolute atomic E-state index is 5.74. The highest BCUT2D eigenvalue weighted by Gasteiger charge is 2.19. The maximum atomic E-state index is 5.74. The van der Waals surface area contributed by atoms with Crippen molar-refractivity contribution in [2.45, 2.75) is 45.8 Å². The molecule has 0 aromatic heterocycles. The minimum atomic E-state index is -1.34. The first-order valence-electron chi connectivity index (χ1n) is 4.20. The van der Waals surface area contributed by atoms with Crippen LogP contribution in [0.5, 0.6) is 0 Å². The predicted molar refractivity (Wildman–Crippen MR) is 50.1 cm³/mol. The van der Waals surface area contributed by atoms with Gasteiger partial charge in [0.15, 0.2) is 0 Å². The molecular formula is C8H20O2Si. The lowest BCUT2D eigenvalue weighted by Crippen LogP contribution is -2.32. The Hall–Kier alpha value is 0.137. The molecule has 3 heteroatoms. The molecule has 0 aromatic carbocycles. The molecule has 0 aliphatic heterocycles. The second kappa shape index (κ2) is 4.90. The Morgan fingerprint density at radius 2 is 1.82 bits per heavy atom. The standard InChI is InChI=1S/C8H20O2Si/c1-6-7-11(9-5)10-8(2,3)4/h11H,6-7H2,1-5H3. The van der Waals surface area contributed by atoms with Crippen LogP contribution in [0, 0.1) is 0 Å². The van der Waals surface area contributed by atoms with Crippen molar-refractivity contribution in [2.24, 2.45) is 0 Å². The van der Waals surface area contributed by atoms with Crippen molar-refractivity contribution < 1.29 is 8.85 Å². The molecule has 0 spiro atoms. The van der Waals surface area contributed by atoms with Crippen molar-refractivity contribution in [1.29, 1.82) is 0 Å². The van der Waals surface area contributed by atoms with Crippen molar-refractivity contribution in [1.82, 2.24) is 0 Å². The third kappa shape index (κ3) is 6.53. The van der Waals surface area contributed by atoms with E-state index >= 15 is 0 Å². The highest BCUT2D eigenvalue weighted by molar-refractivity contribution is 6.44. The largest absolute Gasteiger partial charge is 0.400 e. The Labute approximate surface area is 71.7 Å². The normalized spacial score (nSPS) is 15.0. The van der Waals surface area contributed by atoms with E-state index in [2.05, 4.69) is 27.7 Å². The minimum absolute atomic E-state index is 0.0396. The van der Waals surface area contributed by atoms with Gasteiger partial charge in [-0.1, -0.05) is 13.3 Å². The second-order valence-corrected chi connectivity index (χ2v) is 5.83. The number of rotatable bonds is 4. The second-order valence-electron chi connectivity index (χ2n) is 3.68. The molecule has 0 saturated carbocycles. The lowest BCUT2D eigenvalue weighted by atomic mass is 10.2. The van der Waals surface area contributed by atoms with Gasteiger partial charge in [-0.05, 0) is 26.8 Å². The van der Waals surface area contributed by atoms with Gasteiger partial charge in [-0.3, -0.25) is 0 Å². The first-order valence-corrected chi connectivity index (χ1v) is 5.96. The van der Waals surface area contributed by atoms with Crippen molar-refractivity contribution >= 4 is 9.28 Å². The van der Waals surface area contributed by atoms with Gasteiger partial charge in [0.1, 0.15) is 0 Å². The molecule has 0 aromatic rings. The summed E-state index contributed by atoms with van der Waals surface area (Å²) in [4.78, 5) is 0. The van der Waals surface area contributed by atoms with E-state index in [1.165, 1.54) is 0 Å². The Bertz CT molecular complexity index is 98.8. The summed E-state index contributed by atoms with van der Waals surface area (Å²) in [6.07, 6.45) is 1.15. The maximum Gasteiger partial charge on any atom is 0.321 e. The summed E-state index contributed by atoms with van der Waals surface area (Å²) in [6.45, 7) is 8.37. The third-order valence-corrected chi connectivity index (χ3v) is 3.82. The number of hydrogen-bond acceptors (Lipinski definition) is 2. The van der Waals surface area contributed by atoms with E-state index in [4.69, 9.17) is 8.85 Å². The topological polar surface area (TPSA) is 18.5 Å². The smallest absolute Gasteiger partial charge is 0.321 e. The van der Waals surface area contributed by atoms with Crippen LogP contribution in [-0.2, 0) is 8.85 Å². The number of hydrogen-bond donors (Lipinski definition) is 0. The van der Waals surface area contributed by atoms with Crippen molar-refractivity contribution in [2.75, 3.05) is 7.11 Å². The molecule has 0 N–H and O–H groups in total. The predicted octanol–water partition coefficient (Wildman–Crippen LogP) is 2.08. The van der Waals surface area contributed by atoms with E-state index in [-0.39, 0.29) is 5.60 Å². The monoisotopic (exact) mass is 176 g/mol. The Morgan fingerprint density at radius 1 is 1.27 bits per heavy atom. The molecule has 0 radical (unpaired) electrons. The molecule has 1 atom stereocenters. The van der Waals surface area contributed by atoms with Crippen molar-refractivity contribution in [3.05, 3.63) is 0 Å². The average Bonchev–Trinajstić information content (AvgIpc) is 1.84. The molecule has 0 fully saturated rings. The van der Waals surface area contributed by atoms with Gasteiger partial charge in [0.2, 0.25) is 0 Å². The SMILES string of the molecule is CCC[SiH](OC)OC(C)(C)C. The zero-order chi connectivity index (χ0) is 8.91. The van der Waals surface area contributed by atoms with Crippen LogP contribution in [0.2, 0.25) is 6.04 Å². The van der Waals surface area contributed by atoms with Gasteiger partial charge < -0.3 is 8.85 Å². The quantitative estimate of drug-likeness (QED) is 0.611. The van der Waals surface area contributed by atoms with Crippen LogP contribution in [0.25, 0.3) is 0 Å². The molecule has 0 bridgehead atoms. The molecule has 11 heavy (non-hydrogen) atoms. The zero-order valence-corrected chi connectivity index (χ0v) is 9.46. The highest BCUT2D eigenvalue weighted by atomic mass is 28.3. The van der Waals surface area contributed by atoms with Crippen LogP contribution in [0.3, 0.4) is 0 Å². The van der Waals surface area contributed by atoms with Gasteiger partial charge in [0.25, 0.3) is 0 Å². The molecule has 68 valence electrons. The van der Waals surface area contributed by atoms with E-state index in [0.29, 0.717) is 0 Å². The molecule has 0 amide bonds. The molecule has 1 unspecified atom stereocenters. The average molecular weight is 176 g/mol. The van der Waals surface area contributed by atoms with E-state index in [1.54, 1.807) is 7.11 Å². The fraction of sp³-hybridized carbons (Fsp3) is 1.00. The lowest BCUT2D eigenvalue weighted by Gasteiger charge is -2.25. The van der Waals surface area contributed by atoms with Crippen LogP contribution < -0.4 is 0 Å². The van der Waals surface area contributed by atoms with Crippen LogP contribution in [0.4, 0.5) is 0 Å². The molecule has 0 rings (SSSR count). The fourth-order valence-corrected chi connectivity index (χ4v) is 2.56.